The van der Waals surface area contributed by atoms with Crippen LogP contribution in [0.4, 0.5) is 17.3 Å². The number of hydrogen-bond donors (Lipinski definition) is 0. The number of carbonyl (C=O) groups is 1. The molecule has 2 aromatic rings. The number of carboxylic acid groups (broad SMARTS) is 1. The number of carbonyl (C=O) groups excluding carboxylic acids is 1. The van der Waals surface area contributed by atoms with Gasteiger partial charge in [0.2, 0.25) is 0 Å². The second-order valence-electron chi connectivity index (χ2n) is 7.56. The molecule has 3 rings (SSSR count). The first-order valence-corrected chi connectivity index (χ1v) is 10.8. The molecule has 9 heteroatoms. The third kappa shape index (κ3) is 14.6. The second-order valence-corrected chi connectivity index (χ2v) is 7.56. The number of halogens is 4. The van der Waals surface area contributed by atoms with Gasteiger partial charge in [0.25, 0.3) is 0 Å². The molecule has 0 N–H and O–H groups in total. The fourth-order valence-electron chi connectivity index (χ4n) is 2.87. The van der Waals surface area contributed by atoms with E-state index in [1.807, 2.05) is 24.6 Å². The Kier molecular flexibility index (Phi) is 18.2. The first-order valence-electron chi connectivity index (χ1n) is 10.8. The molecule has 1 aromatic heterocycles. The molecule has 190 valence electrons. The molecule has 1 saturated carbocycles. The van der Waals surface area contributed by atoms with Gasteiger partial charge in [0.1, 0.15) is 0 Å². The van der Waals surface area contributed by atoms with E-state index in [1.54, 1.807) is 12.1 Å². The maximum Gasteiger partial charge on any atom is 4.00 e. The van der Waals surface area contributed by atoms with Crippen LogP contribution in [0.25, 0.3) is 10.9 Å². The molecule has 0 aliphatic heterocycles. The van der Waals surface area contributed by atoms with Crippen LogP contribution in [-0.4, -0.2) is 18.2 Å². The van der Waals surface area contributed by atoms with Crippen molar-refractivity contribution < 1.29 is 46.6 Å². The number of aromatic carboxylic acids is 1. The van der Waals surface area contributed by atoms with E-state index in [0.29, 0.717) is 5.52 Å². The van der Waals surface area contributed by atoms with Crippen LogP contribution in [0.2, 0.25) is 0 Å². The predicted molar refractivity (Wildman–Crippen MR) is 130 cm³/mol. The van der Waals surface area contributed by atoms with Gasteiger partial charge >= 0.3 is 26.7 Å². The van der Waals surface area contributed by atoms with Crippen molar-refractivity contribution in [3.63, 3.8) is 0 Å². The smallest absolute Gasteiger partial charge is 0.543 e. The zero-order valence-corrected chi connectivity index (χ0v) is 22.7. The van der Waals surface area contributed by atoms with Gasteiger partial charge in [-0.15, -0.1) is 0 Å². The number of unbranched alkanes of at least 4 members (excludes halogenated alkanes) is 3. The van der Waals surface area contributed by atoms with Gasteiger partial charge in [-0.25, -0.2) is 4.98 Å². The third-order valence-electron chi connectivity index (χ3n) is 5.24. The Bertz CT molecular complexity index is 799. The third-order valence-corrected chi connectivity index (χ3v) is 5.24. The number of rotatable bonds is 4. The van der Waals surface area contributed by atoms with E-state index in [-0.39, 0.29) is 25.2 Å². The molecule has 8 radical (unpaired) electrons. The van der Waals surface area contributed by atoms with Crippen molar-refractivity contribution in [2.45, 2.75) is 54.4 Å². The Labute approximate surface area is 221 Å². The average Bonchev–Trinajstić information content (AvgIpc) is 2.94. The number of fused-ring (bicyclic) bond motifs is 1. The van der Waals surface area contributed by atoms with Crippen LogP contribution < -0.4 is 5.11 Å². The SMILES string of the molecule is C[C]1[C](C)[C](C)[C](C)[C]1C.F[B-](F)(F)F.O=C([O-])c1ccc2ccccc2n1.[CH2][CH][CH]CCC.[Ru+4]. The van der Waals surface area contributed by atoms with Crippen molar-refractivity contribution in [1.29, 1.82) is 0 Å². The standard InChI is InChI=1S/C10H7NO2.C10H15.C6H11.BF4.Ru/c12-10(13)9-6-5-7-3-1-2-4-8(7)11-9;1-6-7(2)9(4)10(5)8(6)3;1-3-5-6-4-2;2-1(3,4)5;/h1-6H,(H,12,13);1-5H3;3,5H,1,4,6H2,2H3;;/q;;;-1;+4/p-1. The van der Waals surface area contributed by atoms with Crippen LogP contribution in [-0.2, 0) is 19.5 Å². The molecule has 1 fully saturated rings. The summed E-state index contributed by atoms with van der Waals surface area (Å²) in [5.74, 6) is 6.09. The van der Waals surface area contributed by atoms with Gasteiger partial charge in [-0.3, -0.25) is 0 Å². The second kappa shape index (κ2) is 17.9. The molecule has 1 heterocycles. The molecule has 0 saturated heterocycles. The quantitative estimate of drug-likeness (QED) is 0.226. The first kappa shape index (κ1) is 35.7. The minimum Gasteiger partial charge on any atom is -0.543 e. The summed E-state index contributed by atoms with van der Waals surface area (Å²) in [5, 5.41) is 11.4. The van der Waals surface area contributed by atoms with Crippen LogP contribution in [0.5, 0.6) is 0 Å². The molecule has 1 aliphatic carbocycles. The summed E-state index contributed by atoms with van der Waals surface area (Å²) in [6.07, 6.45) is 6.30. The minimum absolute atomic E-state index is 0. The van der Waals surface area contributed by atoms with Crippen molar-refractivity contribution in [3.05, 3.63) is 91.4 Å². The topological polar surface area (TPSA) is 53.0 Å². The minimum atomic E-state index is -6.00. The summed E-state index contributed by atoms with van der Waals surface area (Å²) in [7, 11) is -6.00. The monoisotopic (exact) mass is 579 g/mol. The Morgan fingerprint density at radius 3 is 1.69 bits per heavy atom. The van der Waals surface area contributed by atoms with E-state index in [9.17, 15) is 27.2 Å². The van der Waals surface area contributed by atoms with Gasteiger partial charge in [0.05, 0.1) is 17.2 Å². The van der Waals surface area contributed by atoms with Gasteiger partial charge in [0.15, 0.2) is 0 Å². The molecule has 1 aliphatic rings. The summed E-state index contributed by atoms with van der Waals surface area (Å²) in [5.41, 5.74) is 0.642. The summed E-state index contributed by atoms with van der Waals surface area (Å²) < 4.78 is 39.0. The molecule has 0 atom stereocenters. The Hall–Kier alpha value is -1.49. The van der Waals surface area contributed by atoms with Crippen LogP contribution in [0.1, 0.15) is 64.9 Å². The molecule has 0 unspecified atom stereocenters. The summed E-state index contributed by atoms with van der Waals surface area (Å²) in [6.45, 7) is 16.7. The van der Waals surface area contributed by atoms with Crippen molar-refractivity contribution in [2.24, 2.45) is 0 Å². The van der Waals surface area contributed by atoms with Gasteiger partial charge in [-0.1, -0.05) is 78.6 Å². The van der Waals surface area contributed by atoms with Gasteiger partial charge in [-0.2, -0.15) is 0 Å². The number of nitrogens with zero attached hydrogens (tertiary/aromatic N) is 1. The van der Waals surface area contributed by atoms with E-state index < -0.39 is 13.2 Å². The zero-order chi connectivity index (χ0) is 26.5. The average molecular weight is 578 g/mol. The molecule has 35 heavy (non-hydrogen) atoms. The Morgan fingerprint density at radius 1 is 0.914 bits per heavy atom. The number of benzene rings is 1. The zero-order valence-electron chi connectivity index (χ0n) is 20.9. The van der Waals surface area contributed by atoms with Crippen molar-refractivity contribution in [2.75, 3.05) is 0 Å². The fourth-order valence-corrected chi connectivity index (χ4v) is 2.87. The molecular weight excluding hydrogens is 546 g/mol. The summed E-state index contributed by atoms with van der Waals surface area (Å²) in [4.78, 5) is 14.4. The van der Waals surface area contributed by atoms with E-state index in [4.69, 9.17) is 0 Å². The first-order chi connectivity index (χ1) is 15.7. The number of para-hydroxylation sites is 1. The number of aromatic nitrogens is 1. The molecule has 1 aromatic carbocycles. The molecule has 0 amide bonds. The largest absolute Gasteiger partial charge is 4.00 e. The number of pyridine rings is 1. The van der Waals surface area contributed by atoms with Crippen molar-refractivity contribution >= 4 is 24.1 Å². The molecule has 3 nitrogen and oxygen atoms in total. The fraction of sp³-hybridized carbons (Fsp3) is 0.308. The maximum atomic E-state index is 10.5. The Balaban J connectivity index is 0. The van der Waals surface area contributed by atoms with Crippen molar-refractivity contribution in [1.82, 2.24) is 4.98 Å². The Morgan fingerprint density at radius 2 is 1.34 bits per heavy atom. The van der Waals surface area contributed by atoms with Crippen LogP contribution >= 0.6 is 0 Å². The summed E-state index contributed by atoms with van der Waals surface area (Å²) >= 11 is 0. The van der Waals surface area contributed by atoms with E-state index >= 15 is 0 Å². The van der Waals surface area contributed by atoms with E-state index in [1.165, 1.54) is 48.5 Å². The van der Waals surface area contributed by atoms with E-state index in [2.05, 4.69) is 59.9 Å². The molecular formula is C26H32BF4NO2Ru+2. The maximum absolute atomic E-state index is 10.5. The van der Waals surface area contributed by atoms with Crippen molar-refractivity contribution in [3.8, 4) is 0 Å². The summed E-state index contributed by atoms with van der Waals surface area (Å²) in [6, 6.07) is 10.5. The number of carboxylic acids is 1. The van der Waals surface area contributed by atoms with Crippen LogP contribution in [0.15, 0.2) is 36.4 Å². The van der Waals surface area contributed by atoms with E-state index in [0.717, 1.165) is 5.39 Å². The molecule has 0 bridgehead atoms. The van der Waals surface area contributed by atoms with Gasteiger partial charge in [-0.05, 0) is 61.5 Å². The van der Waals surface area contributed by atoms with Crippen LogP contribution in [0.3, 0.4) is 0 Å². The van der Waals surface area contributed by atoms with Crippen LogP contribution in [0, 0.1) is 49.4 Å². The normalized spacial score (nSPS) is 15.2. The molecule has 0 spiro atoms. The van der Waals surface area contributed by atoms with Gasteiger partial charge < -0.3 is 27.2 Å². The number of hydrogen-bond acceptors (Lipinski definition) is 3. The van der Waals surface area contributed by atoms with Gasteiger partial charge in [0, 0.05) is 5.39 Å². The predicted octanol–water partition coefficient (Wildman–Crippen LogP) is 6.90.